The van der Waals surface area contributed by atoms with Crippen LogP contribution in [-0.2, 0) is 22.6 Å². The molecule has 0 spiro atoms. The van der Waals surface area contributed by atoms with Crippen LogP contribution in [0.1, 0.15) is 55.1 Å². The summed E-state index contributed by atoms with van der Waals surface area (Å²) in [5.74, 6) is -0.0821. The third-order valence-electron chi connectivity index (χ3n) is 6.02. The van der Waals surface area contributed by atoms with E-state index in [9.17, 15) is 14.4 Å². The van der Waals surface area contributed by atoms with Gasteiger partial charge < -0.3 is 20.3 Å². The summed E-state index contributed by atoms with van der Waals surface area (Å²) in [5.41, 5.74) is 4.29. The highest BCUT2D eigenvalue weighted by atomic mass is 16.6. The summed E-state index contributed by atoms with van der Waals surface area (Å²) in [6.07, 6.45) is 0.669. The number of carbonyl (C=O) groups excluding carboxylic acids is 3. The first-order valence-corrected chi connectivity index (χ1v) is 13.3. The molecule has 2 N–H and O–H groups in total. The number of rotatable bonds is 12. The molecule has 3 aromatic rings. The molecule has 39 heavy (non-hydrogen) atoms. The monoisotopic (exact) mass is 529 g/mol. The lowest BCUT2D eigenvalue weighted by Crippen LogP contribution is -2.40. The first kappa shape index (κ1) is 29.6. The SMILES string of the molecule is CN(Cc1cccc(-c2ccc(C(=O)CCCNCc3ccccc3)cc2)c1)C(=O)CNC(=O)OC(C)(C)C. The van der Waals surface area contributed by atoms with Crippen molar-refractivity contribution in [2.45, 2.75) is 52.3 Å². The van der Waals surface area contributed by atoms with Crippen LogP contribution in [-0.4, -0.2) is 48.4 Å². The minimum Gasteiger partial charge on any atom is -0.444 e. The fraction of sp³-hybridized carbons (Fsp3) is 0.344. The number of amides is 2. The molecular formula is C32H39N3O4. The fourth-order valence-corrected chi connectivity index (χ4v) is 4.00. The molecule has 0 fully saturated rings. The third kappa shape index (κ3) is 10.4. The molecular weight excluding hydrogens is 490 g/mol. The van der Waals surface area contributed by atoms with Crippen molar-refractivity contribution in [3.8, 4) is 11.1 Å². The van der Waals surface area contributed by atoms with Crippen LogP contribution < -0.4 is 10.6 Å². The zero-order chi connectivity index (χ0) is 28.3. The van der Waals surface area contributed by atoms with Crippen LogP contribution in [0.2, 0.25) is 0 Å². The van der Waals surface area contributed by atoms with Crippen molar-refractivity contribution in [1.29, 1.82) is 0 Å². The lowest BCUT2D eigenvalue weighted by Gasteiger charge is -2.21. The largest absolute Gasteiger partial charge is 0.444 e. The van der Waals surface area contributed by atoms with E-state index in [1.165, 1.54) is 5.56 Å². The molecule has 0 bridgehead atoms. The van der Waals surface area contributed by atoms with Gasteiger partial charge in [-0.1, -0.05) is 72.8 Å². The maximum Gasteiger partial charge on any atom is 0.408 e. The van der Waals surface area contributed by atoms with Crippen molar-refractivity contribution in [2.75, 3.05) is 20.1 Å². The Morgan fingerprint density at radius 2 is 1.54 bits per heavy atom. The Labute approximate surface area is 231 Å². The van der Waals surface area contributed by atoms with E-state index >= 15 is 0 Å². The van der Waals surface area contributed by atoms with E-state index in [1.54, 1.807) is 32.7 Å². The number of nitrogens with one attached hydrogen (secondary N) is 2. The molecule has 0 aliphatic rings. The van der Waals surface area contributed by atoms with Gasteiger partial charge in [0.2, 0.25) is 5.91 Å². The number of benzene rings is 3. The van der Waals surface area contributed by atoms with Gasteiger partial charge in [0.05, 0.1) is 0 Å². The first-order valence-electron chi connectivity index (χ1n) is 13.3. The molecule has 0 saturated carbocycles. The number of likely N-dealkylation sites (N-methyl/N-ethyl adjacent to an activating group) is 1. The van der Waals surface area contributed by atoms with E-state index in [1.807, 2.05) is 66.7 Å². The molecule has 0 unspecified atom stereocenters. The zero-order valence-corrected chi connectivity index (χ0v) is 23.3. The minimum absolute atomic E-state index is 0.135. The van der Waals surface area contributed by atoms with Gasteiger partial charge in [0.25, 0.3) is 0 Å². The van der Waals surface area contributed by atoms with Crippen LogP contribution in [0.5, 0.6) is 0 Å². The van der Waals surface area contributed by atoms with Crippen molar-refractivity contribution in [2.24, 2.45) is 0 Å². The number of Topliss-reactive ketones (excluding diaryl/α,β-unsaturated/α-hetero) is 1. The van der Waals surface area contributed by atoms with E-state index in [-0.39, 0.29) is 18.2 Å². The van der Waals surface area contributed by atoms with E-state index < -0.39 is 11.7 Å². The van der Waals surface area contributed by atoms with Crippen molar-refractivity contribution >= 4 is 17.8 Å². The zero-order valence-electron chi connectivity index (χ0n) is 23.3. The van der Waals surface area contributed by atoms with Crippen LogP contribution in [0, 0.1) is 0 Å². The topological polar surface area (TPSA) is 87.7 Å². The number of ketones is 1. The normalized spacial score (nSPS) is 11.1. The number of ether oxygens (including phenoxy) is 1. The summed E-state index contributed by atoms with van der Waals surface area (Å²) in [7, 11) is 1.70. The van der Waals surface area contributed by atoms with Crippen LogP contribution in [0.15, 0.2) is 78.9 Å². The van der Waals surface area contributed by atoms with Crippen LogP contribution in [0.4, 0.5) is 4.79 Å². The maximum atomic E-state index is 12.6. The summed E-state index contributed by atoms with van der Waals surface area (Å²) >= 11 is 0. The smallest absolute Gasteiger partial charge is 0.408 e. The molecule has 2 amide bonds. The van der Waals surface area contributed by atoms with Gasteiger partial charge in [-0.25, -0.2) is 4.79 Å². The molecule has 3 rings (SSSR count). The first-order chi connectivity index (χ1) is 18.6. The molecule has 0 radical (unpaired) electrons. The Kier molecular flexibility index (Phi) is 10.8. The summed E-state index contributed by atoms with van der Waals surface area (Å²) in [6.45, 7) is 7.17. The van der Waals surface area contributed by atoms with Gasteiger partial charge in [-0.3, -0.25) is 9.59 Å². The number of alkyl carbamates (subject to hydrolysis) is 1. The highest BCUT2D eigenvalue weighted by Crippen LogP contribution is 2.22. The van der Waals surface area contributed by atoms with Crippen LogP contribution in [0.25, 0.3) is 11.1 Å². The maximum absolute atomic E-state index is 12.6. The number of hydrogen-bond donors (Lipinski definition) is 2. The van der Waals surface area contributed by atoms with Crippen LogP contribution >= 0.6 is 0 Å². The van der Waals surface area contributed by atoms with Crippen molar-refractivity contribution < 1.29 is 19.1 Å². The van der Waals surface area contributed by atoms with Gasteiger partial charge in [0.1, 0.15) is 12.1 Å². The van der Waals surface area contributed by atoms with Crippen molar-refractivity contribution in [3.63, 3.8) is 0 Å². The number of carbonyl (C=O) groups is 3. The predicted octanol–water partition coefficient (Wildman–Crippen LogP) is 5.59. The highest BCUT2D eigenvalue weighted by Gasteiger charge is 2.18. The Morgan fingerprint density at radius 1 is 0.846 bits per heavy atom. The average molecular weight is 530 g/mol. The number of nitrogens with zero attached hydrogens (tertiary/aromatic N) is 1. The van der Waals surface area contributed by atoms with E-state index in [4.69, 9.17) is 4.74 Å². The molecule has 7 heteroatoms. The summed E-state index contributed by atoms with van der Waals surface area (Å²) in [6, 6.07) is 25.8. The van der Waals surface area contributed by atoms with E-state index in [0.29, 0.717) is 18.5 Å². The van der Waals surface area contributed by atoms with Crippen LogP contribution in [0.3, 0.4) is 0 Å². The molecule has 0 atom stereocenters. The van der Waals surface area contributed by atoms with E-state index in [0.717, 1.165) is 36.2 Å². The molecule has 0 aliphatic carbocycles. The van der Waals surface area contributed by atoms with E-state index in [2.05, 4.69) is 22.8 Å². The molecule has 3 aromatic carbocycles. The van der Waals surface area contributed by atoms with Gasteiger partial charge >= 0.3 is 6.09 Å². The van der Waals surface area contributed by atoms with Gasteiger partial charge in [-0.05, 0) is 62.1 Å². The Bertz CT molecular complexity index is 1230. The van der Waals surface area contributed by atoms with Gasteiger partial charge in [-0.15, -0.1) is 0 Å². The number of hydrogen-bond acceptors (Lipinski definition) is 5. The van der Waals surface area contributed by atoms with Gasteiger partial charge in [0.15, 0.2) is 5.78 Å². The molecule has 0 aliphatic heterocycles. The molecule has 0 saturated heterocycles. The highest BCUT2D eigenvalue weighted by molar-refractivity contribution is 5.96. The molecule has 7 nitrogen and oxygen atoms in total. The Balaban J connectivity index is 1.47. The molecule has 206 valence electrons. The minimum atomic E-state index is -0.620. The molecule has 0 aromatic heterocycles. The molecule has 0 heterocycles. The lowest BCUT2D eigenvalue weighted by atomic mass is 9.99. The second kappa shape index (κ2) is 14.3. The average Bonchev–Trinajstić information content (AvgIpc) is 2.91. The van der Waals surface area contributed by atoms with Crippen molar-refractivity contribution in [3.05, 3.63) is 95.6 Å². The summed E-state index contributed by atoms with van der Waals surface area (Å²) in [5, 5.41) is 5.88. The third-order valence-corrected chi connectivity index (χ3v) is 6.02. The lowest BCUT2D eigenvalue weighted by molar-refractivity contribution is -0.129. The second-order valence-electron chi connectivity index (χ2n) is 10.6. The summed E-state index contributed by atoms with van der Waals surface area (Å²) in [4.78, 5) is 38.5. The Hall–Kier alpha value is -3.97. The van der Waals surface area contributed by atoms with Gasteiger partial charge in [0, 0.05) is 32.1 Å². The van der Waals surface area contributed by atoms with Gasteiger partial charge in [-0.2, -0.15) is 0 Å². The fourth-order valence-electron chi connectivity index (χ4n) is 4.00. The standard InChI is InChI=1S/C32H39N3O4/c1-32(2,3)39-31(38)34-22-30(37)35(4)23-25-12-8-13-28(20-25)26-15-17-27(18-16-26)29(36)14-9-19-33-21-24-10-6-5-7-11-24/h5-8,10-13,15-18,20,33H,9,14,19,21-23H2,1-4H3,(H,34,38). The summed E-state index contributed by atoms with van der Waals surface area (Å²) < 4.78 is 5.17. The predicted molar refractivity (Wildman–Crippen MR) is 154 cm³/mol. The quantitative estimate of drug-likeness (QED) is 0.236. The van der Waals surface area contributed by atoms with Crippen molar-refractivity contribution in [1.82, 2.24) is 15.5 Å². The Morgan fingerprint density at radius 3 is 2.23 bits per heavy atom. The second-order valence-corrected chi connectivity index (χ2v) is 10.6.